The largest absolute Gasteiger partial charge is 0.288 e. The predicted octanol–water partition coefficient (Wildman–Crippen LogP) is 4.28. The lowest BCUT2D eigenvalue weighted by Gasteiger charge is -1.97. The molecular weight excluding hydrogens is 304 g/mol. The molecule has 0 bridgehead atoms. The molecule has 1 aromatic carbocycles. The van der Waals surface area contributed by atoms with Crippen molar-refractivity contribution in [1.82, 2.24) is 9.78 Å². The summed E-state index contributed by atoms with van der Waals surface area (Å²) in [4.78, 5) is 14.6. The minimum atomic E-state index is -0.0221. The topological polar surface area (TPSA) is 34.9 Å². The highest BCUT2D eigenvalue weighted by molar-refractivity contribution is 7.12. The normalized spacial score (nSPS) is 11.2. The Kier molecular flexibility index (Phi) is 4.53. The van der Waals surface area contributed by atoms with Crippen LogP contribution in [0.4, 0.5) is 0 Å². The number of carbonyl (C=O) groups excluding carboxylic acids is 1. The van der Waals surface area contributed by atoms with Gasteiger partial charge in [-0.25, -0.2) is 0 Å². The first-order valence-electron chi connectivity index (χ1n) is 7.47. The summed E-state index contributed by atoms with van der Waals surface area (Å²) >= 11 is 1.71. The summed E-state index contributed by atoms with van der Waals surface area (Å²) in [6, 6.07) is 16.4. The van der Waals surface area contributed by atoms with Crippen LogP contribution in [0, 0.1) is 6.92 Å². The van der Waals surface area contributed by atoms with Gasteiger partial charge < -0.3 is 0 Å². The summed E-state index contributed by atoms with van der Waals surface area (Å²) < 4.78 is 1.62. The SMILES string of the molecule is Cc1cc(C(=O)/C=C/c2ccc(Cc3ccccc3)s2)n(C)n1. The van der Waals surface area contributed by atoms with Gasteiger partial charge in [-0.3, -0.25) is 9.48 Å². The number of hydrogen-bond acceptors (Lipinski definition) is 3. The second-order valence-corrected chi connectivity index (χ2v) is 6.66. The van der Waals surface area contributed by atoms with Crippen LogP contribution in [0.1, 0.15) is 31.5 Å². The minimum Gasteiger partial charge on any atom is -0.288 e. The zero-order chi connectivity index (χ0) is 16.2. The molecule has 0 spiro atoms. The lowest BCUT2D eigenvalue weighted by atomic mass is 10.1. The summed E-state index contributed by atoms with van der Waals surface area (Å²) in [5.41, 5.74) is 2.76. The summed E-state index contributed by atoms with van der Waals surface area (Å²) in [7, 11) is 1.79. The van der Waals surface area contributed by atoms with Crippen LogP contribution in [-0.2, 0) is 13.5 Å². The molecule has 0 saturated carbocycles. The zero-order valence-electron chi connectivity index (χ0n) is 13.2. The van der Waals surface area contributed by atoms with Crippen molar-refractivity contribution in [1.29, 1.82) is 0 Å². The van der Waals surface area contributed by atoms with Crippen LogP contribution >= 0.6 is 11.3 Å². The Labute approximate surface area is 139 Å². The van der Waals surface area contributed by atoms with Crippen LogP contribution in [0.5, 0.6) is 0 Å². The molecular formula is C19H18N2OS. The molecule has 2 aromatic heterocycles. The van der Waals surface area contributed by atoms with Gasteiger partial charge in [-0.15, -0.1) is 11.3 Å². The van der Waals surface area contributed by atoms with E-state index in [1.807, 2.05) is 25.1 Å². The summed E-state index contributed by atoms with van der Waals surface area (Å²) in [6.07, 6.45) is 4.42. The third-order valence-corrected chi connectivity index (χ3v) is 4.61. The Morgan fingerprint density at radius 2 is 2.00 bits per heavy atom. The van der Waals surface area contributed by atoms with Crippen LogP contribution < -0.4 is 0 Å². The van der Waals surface area contributed by atoms with Crippen LogP contribution in [0.3, 0.4) is 0 Å². The fourth-order valence-electron chi connectivity index (χ4n) is 2.46. The van der Waals surface area contributed by atoms with Crippen LogP contribution in [0.15, 0.2) is 54.6 Å². The minimum absolute atomic E-state index is 0.0221. The van der Waals surface area contributed by atoms with Gasteiger partial charge in [0.1, 0.15) is 5.69 Å². The van der Waals surface area contributed by atoms with E-state index in [0.717, 1.165) is 17.0 Å². The van der Waals surface area contributed by atoms with Crippen molar-refractivity contribution in [3.8, 4) is 0 Å². The molecule has 0 aliphatic rings. The number of rotatable bonds is 5. The van der Waals surface area contributed by atoms with Crippen LogP contribution in [0.25, 0.3) is 6.08 Å². The van der Waals surface area contributed by atoms with E-state index in [0.29, 0.717) is 5.69 Å². The average Bonchev–Trinajstić information content (AvgIpc) is 3.12. The number of hydrogen-bond donors (Lipinski definition) is 0. The lowest BCUT2D eigenvalue weighted by Crippen LogP contribution is -2.03. The van der Waals surface area contributed by atoms with Crippen molar-refractivity contribution in [2.45, 2.75) is 13.3 Å². The molecule has 0 aliphatic heterocycles. The molecule has 23 heavy (non-hydrogen) atoms. The number of aromatic nitrogens is 2. The number of benzene rings is 1. The molecule has 2 heterocycles. The van der Waals surface area contributed by atoms with Gasteiger partial charge in [0, 0.05) is 23.2 Å². The smallest absolute Gasteiger partial charge is 0.203 e. The molecule has 0 saturated heterocycles. The molecule has 0 amide bonds. The molecule has 3 aromatic rings. The second kappa shape index (κ2) is 6.75. The van der Waals surface area contributed by atoms with Gasteiger partial charge in [-0.05, 0) is 42.8 Å². The van der Waals surface area contributed by atoms with E-state index >= 15 is 0 Å². The quantitative estimate of drug-likeness (QED) is 0.519. The number of ketones is 1. The highest BCUT2D eigenvalue weighted by Gasteiger charge is 2.08. The monoisotopic (exact) mass is 322 g/mol. The number of allylic oxidation sites excluding steroid dienone is 1. The zero-order valence-corrected chi connectivity index (χ0v) is 14.0. The van der Waals surface area contributed by atoms with Crippen molar-refractivity contribution < 1.29 is 4.79 Å². The van der Waals surface area contributed by atoms with E-state index < -0.39 is 0 Å². The third kappa shape index (κ3) is 3.85. The molecule has 0 unspecified atom stereocenters. The second-order valence-electron chi connectivity index (χ2n) is 5.46. The van der Waals surface area contributed by atoms with Gasteiger partial charge in [0.25, 0.3) is 0 Å². The van der Waals surface area contributed by atoms with Gasteiger partial charge in [0.05, 0.1) is 5.69 Å². The molecule has 4 heteroatoms. The van der Waals surface area contributed by atoms with E-state index in [9.17, 15) is 4.79 Å². The Hall–Kier alpha value is -2.46. The fourth-order valence-corrected chi connectivity index (χ4v) is 3.41. The van der Waals surface area contributed by atoms with E-state index in [4.69, 9.17) is 0 Å². The van der Waals surface area contributed by atoms with Crippen molar-refractivity contribution in [3.05, 3.63) is 81.3 Å². The molecule has 0 fully saturated rings. The Morgan fingerprint density at radius 1 is 1.22 bits per heavy atom. The molecule has 0 atom stereocenters. The van der Waals surface area contributed by atoms with Crippen molar-refractivity contribution >= 4 is 23.2 Å². The molecule has 0 N–H and O–H groups in total. The number of aryl methyl sites for hydroxylation is 2. The lowest BCUT2D eigenvalue weighted by molar-refractivity contribution is 0.103. The van der Waals surface area contributed by atoms with E-state index in [1.165, 1.54) is 10.4 Å². The first-order valence-corrected chi connectivity index (χ1v) is 8.29. The number of nitrogens with zero attached hydrogens (tertiary/aromatic N) is 2. The summed E-state index contributed by atoms with van der Waals surface area (Å²) in [5, 5.41) is 4.20. The highest BCUT2D eigenvalue weighted by atomic mass is 32.1. The molecule has 116 valence electrons. The average molecular weight is 322 g/mol. The number of carbonyl (C=O) groups is 1. The fraction of sp³-hybridized carbons (Fsp3) is 0.158. The van der Waals surface area contributed by atoms with Crippen molar-refractivity contribution in [2.75, 3.05) is 0 Å². The molecule has 0 aliphatic carbocycles. The highest BCUT2D eigenvalue weighted by Crippen LogP contribution is 2.21. The van der Waals surface area contributed by atoms with E-state index in [-0.39, 0.29) is 5.78 Å². The first kappa shape index (κ1) is 15.4. The maximum Gasteiger partial charge on any atom is 0.203 e. The Morgan fingerprint density at radius 3 is 2.70 bits per heavy atom. The molecule has 3 nitrogen and oxygen atoms in total. The molecule has 0 radical (unpaired) electrons. The Bertz CT molecular complexity index is 843. The van der Waals surface area contributed by atoms with E-state index in [2.05, 4.69) is 41.5 Å². The van der Waals surface area contributed by atoms with Crippen LogP contribution in [-0.4, -0.2) is 15.6 Å². The van der Waals surface area contributed by atoms with Crippen molar-refractivity contribution in [3.63, 3.8) is 0 Å². The summed E-state index contributed by atoms with van der Waals surface area (Å²) in [6.45, 7) is 1.88. The first-order chi connectivity index (χ1) is 11.1. The van der Waals surface area contributed by atoms with Gasteiger partial charge in [0.15, 0.2) is 0 Å². The standard InChI is InChI=1S/C19H18N2OS/c1-14-12-18(21(2)20-14)19(22)11-10-16-8-9-17(23-16)13-15-6-4-3-5-7-15/h3-12H,13H2,1-2H3/b11-10+. The Balaban J connectivity index is 1.69. The molecule has 3 rings (SSSR count). The van der Waals surface area contributed by atoms with Crippen molar-refractivity contribution in [2.24, 2.45) is 7.05 Å². The van der Waals surface area contributed by atoms with E-state index in [1.54, 1.807) is 29.1 Å². The number of thiophene rings is 1. The van der Waals surface area contributed by atoms with Crippen LogP contribution in [0.2, 0.25) is 0 Å². The summed E-state index contributed by atoms with van der Waals surface area (Å²) in [5.74, 6) is -0.0221. The maximum atomic E-state index is 12.2. The predicted molar refractivity (Wildman–Crippen MR) is 94.9 cm³/mol. The van der Waals surface area contributed by atoms with Gasteiger partial charge in [0.2, 0.25) is 5.78 Å². The third-order valence-electron chi connectivity index (χ3n) is 3.56. The van der Waals surface area contributed by atoms with Gasteiger partial charge in [-0.2, -0.15) is 5.10 Å². The van der Waals surface area contributed by atoms with Gasteiger partial charge in [-0.1, -0.05) is 30.3 Å². The maximum absolute atomic E-state index is 12.2. The van der Waals surface area contributed by atoms with Gasteiger partial charge >= 0.3 is 0 Å².